The Bertz CT molecular complexity index is 759. The SMILES string of the molecule is CCNC(=NCCN1C(=O)CCCC1=O)N1CCN(c2cccc(C)c2C)CC1.I. The molecule has 0 atom stereocenters. The number of imide groups is 1. The normalized spacial score (nSPS) is 17.8. The zero-order valence-electron chi connectivity index (χ0n) is 18.3. The molecular weight excluding hydrogens is 493 g/mol. The molecule has 2 aliphatic heterocycles. The summed E-state index contributed by atoms with van der Waals surface area (Å²) in [6.45, 7) is 11.7. The average molecular weight is 527 g/mol. The number of guanidine groups is 1. The van der Waals surface area contributed by atoms with E-state index in [0.29, 0.717) is 32.4 Å². The van der Waals surface area contributed by atoms with E-state index in [0.717, 1.165) is 38.7 Å². The molecule has 166 valence electrons. The summed E-state index contributed by atoms with van der Waals surface area (Å²) in [5.74, 6) is 0.734. The van der Waals surface area contributed by atoms with Crippen molar-refractivity contribution in [2.75, 3.05) is 50.7 Å². The fraction of sp³-hybridized carbons (Fsp3) is 0.591. The van der Waals surface area contributed by atoms with Gasteiger partial charge in [-0.2, -0.15) is 0 Å². The number of anilines is 1. The second kappa shape index (κ2) is 11.5. The second-order valence-corrected chi connectivity index (χ2v) is 7.72. The predicted molar refractivity (Wildman–Crippen MR) is 132 cm³/mol. The molecule has 2 fully saturated rings. The van der Waals surface area contributed by atoms with Gasteiger partial charge in [-0.1, -0.05) is 12.1 Å². The first-order valence-corrected chi connectivity index (χ1v) is 10.7. The highest BCUT2D eigenvalue weighted by Crippen LogP contribution is 2.23. The largest absolute Gasteiger partial charge is 0.368 e. The number of nitrogens with zero attached hydrogens (tertiary/aromatic N) is 4. The number of amides is 2. The van der Waals surface area contributed by atoms with Crippen molar-refractivity contribution in [3.63, 3.8) is 0 Å². The van der Waals surface area contributed by atoms with Gasteiger partial charge in [-0.25, -0.2) is 0 Å². The molecule has 1 aromatic carbocycles. The number of nitrogens with one attached hydrogen (secondary N) is 1. The van der Waals surface area contributed by atoms with Crippen molar-refractivity contribution in [3.8, 4) is 0 Å². The van der Waals surface area contributed by atoms with Crippen LogP contribution in [0.25, 0.3) is 0 Å². The van der Waals surface area contributed by atoms with Gasteiger partial charge in [0.25, 0.3) is 0 Å². The highest BCUT2D eigenvalue weighted by atomic mass is 127. The van der Waals surface area contributed by atoms with Crippen molar-refractivity contribution in [2.45, 2.75) is 40.0 Å². The lowest BCUT2D eigenvalue weighted by molar-refractivity contribution is -0.147. The van der Waals surface area contributed by atoms with E-state index >= 15 is 0 Å². The fourth-order valence-electron chi connectivity index (χ4n) is 3.97. The summed E-state index contributed by atoms with van der Waals surface area (Å²) in [7, 11) is 0. The van der Waals surface area contributed by atoms with Gasteiger partial charge in [0.1, 0.15) is 0 Å². The maximum atomic E-state index is 12.0. The molecule has 2 saturated heterocycles. The van der Waals surface area contributed by atoms with Gasteiger partial charge in [0.15, 0.2) is 5.96 Å². The maximum Gasteiger partial charge on any atom is 0.229 e. The van der Waals surface area contributed by atoms with E-state index < -0.39 is 0 Å². The van der Waals surface area contributed by atoms with Crippen LogP contribution in [0.5, 0.6) is 0 Å². The summed E-state index contributed by atoms with van der Waals surface area (Å²) in [6.07, 6.45) is 1.61. The van der Waals surface area contributed by atoms with E-state index in [4.69, 9.17) is 4.99 Å². The van der Waals surface area contributed by atoms with Crippen molar-refractivity contribution in [3.05, 3.63) is 29.3 Å². The van der Waals surface area contributed by atoms with Crippen LogP contribution in [0.1, 0.15) is 37.3 Å². The van der Waals surface area contributed by atoms with Gasteiger partial charge in [0.05, 0.1) is 6.54 Å². The number of carbonyl (C=O) groups excluding carboxylic acids is 2. The number of aliphatic imine (C=N–C) groups is 1. The van der Waals surface area contributed by atoms with E-state index in [1.807, 2.05) is 0 Å². The zero-order valence-corrected chi connectivity index (χ0v) is 20.6. The van der Waals surface area contributed by atoms with Gasteiger partial charge in [-0.05, 0) is 44.4 Å². The smallest absolute Gasteiger partial charge is 0.229 e. The Morgan fingerprint density at radius 2 is 1.73 bits per heavy atom. The Hall–Kier alpha value is -1.84. The molecule has 0 aromatic heterocycles. The third kappa shape index (κ3) is 5.86. The van der Waals surface area contributed by atoms with Gasteiger partial charge >= 0.3 is 0 Å². The molecule has 1 N–H and O–H groups in total. The van der Waals surface area contributed by atoms with Crippen LogP contribution in [0.2, 0.25) is 0 Å². The number of halogens is 1. The molecule has 0 unspecified atom stereocenters. The summed E-state index contributed by atoms with van der Waals surface area (Å²) in [5.41, 5.74) is 3.98. The maximum absolute atomic E-state index is 12.0. The van der Waals surface area contributed by atoms with Crippen LogP contribution in [0.3, 0.4) is 0 Å². The van der Waals surface area contributed by atoms with Crippen LogP contribution < -0.4 is 10.2 Å². The van der Waals surface area contributed by atoms with Crippen molar-refractivity contribution >= 4 is 47.4 Å². The molecule has 0 saturated carbocycles. The van der Waals surface area contributed by atoms with Crippen molar-refractivity contribution in [1.82, 2.24) is 15.1 Å². The lowest BCUT2D eigenvalue weighted by Crippen LogP contribution is -2.53. The minimum absolute atomic E-state index is 0. The number of hydrogen-bond acceptors (Lipinski definition) is 4. The Morgan fingerprint density at radius 1 is 1.07 bits per heavy atom. The van der Waals surface area contributed by atoms with Crippen molar-refractivity contribution in [1.29, 1.82) is 0 Å². The molecule has 3 rings (SSSR count). The first kappa shape index (κ1) is 24.4. The van der Waals surface area contributed by atoms with E-state index in [9.17, 15) is 9.59 Å². The number of piperidine rings is 1. The Labute approximate surface area is 196 Å². The molecule has 2 heterocycles. The van der Waals surface area contributed by atoms with Crippen LogP contribution in [0, 0.1) is 13.8 Å². The van der Waals surface area contributed by atoms with Crippen molar-refractivity contribution < 1.29 is 9.59 Å². The van der Waals surface area contributed by atoms with Gasteiger partial charge in [0, 0.05) is 57.8 Å². The molecule has 8 heteroatoms. The number of aryl methyl sites for hydroxylation is 1. The summed E-state index contributed by atoms with van der Waals surface area (Å²) >= 11 is 0. The Kier molecular flexibility index (Phi) is 9.38. The minimum atomic E-state index is -0.0661. The highest BCUT2D eigenvalue weighted by Gasteiger charge is 2.25. The van der Waals surface area contributed by atoms with E-state index in [2.05, 4.69) is 54.1 Å². The van der Waals surface area contributed by atoms with Gasteiger partial charge < -0.3 is 15.1 Å². The average Bonchev–Trinajstić information content (AvgIpc) is 2.72. The molecule has 30 heavy (non-hydrogen) atoms. The molecule has 2 aliphatic rings. The van der Waals surface area contributed by atoms with E-state index in [1.165, 1.54) is 21.7 Å². The molecule has 0 bridgehead atoms. The summed E-state index contributed by atoms with van der Waals surface area (Å²) in [4.78, 5) is 34.7. The molecular formula is C22H34IN5O2. The zero-order chi connectivity index (χ0) is 20.8. The van der Waals surface area contributed by atoms with Gasteiger partial charge in [-0.15, -0.1) is 24.0 Å². The number of carbonyl (C=O) groups is 2. The van der Waals surface area contributed by atoms with Crippen LogP contribution >= 0.6 is 24.0 Å². The lowest BCUT2D eigenvalue weighted by atomic mass is 10.1. The molecule has 0 aliphatic carbocycles. The standard InChI is InChI=1S/C22H33N5O2.HI/c1-4-23-22(24-11-12-27-20(28)9-6-10-21(27)29)26-15-13-25(14-16-26)19-8-5-7-17(2)18(19)3;/h5,7-8H,4,6,9-16H2,1-3H3,(H,23,24);1H. The van der Waals surface area contributed by atoms with Crippen LogP contribution in [-0.4, -0.2) is 73.4 Å². The fourth-order valence-corrected chi connectivity index (χ4v) is 3.97. The Morgan fingerprint density at radius 3 is 2.37 bits per heavy atom. The predicted octanol–water partition coefficient (Wildman–Crippen LogP) is 2.55. The number of hydrogen-bond donors (Lipinski definition) is 1. The summed E-state index contributed by atoms with van der Waals surface area (Å²) in [6, 6.07) is 6.48. The number of rotatable bonds is 5. The van der Waals surface area contributed by atoms with Gasteiger partial charge in [-0.3, -0.25) is 19.5 Å². The van der Waals surface area contributed by atoms with Crippen LogP contribution in [0.15, 0.2) is 23.2 Å². The topological polar surface area (TPSA) is 68.2 Å². The first-order chi connectivity index (χ1) is 14.0. The number of likely N-dealkylation sites (tertiary alicyclic amines) is 1. The van der Waals surface area contributed by atoms with Crippen molar-refractivity contribution in [2.24, 2.45) is 4.99 Å². The first-order valence-electron chi connectivity index (χ1n) is 10.7. The second-order valence-electron chi connectivity index (χ2n) is 7.72. The lowest BCUT2D eigenvalue weighted by Gasteiger charge is -2.38. The quantitative estimate of drug-likeness (QED) is 0.276. The monoisotopic (exact) mass is 527 g/mol. The highest BCUT2D eigenvalue weighted by molar-refractivity contribution is 14.0. The number of benzene rings is 1. The third-order valence-corrected chi connectivity index (χ3v) is 5.80. The Balaban J connectivity index is 0.00000320. The minimum Gasteiger partial charge on any atom is -0.368 e. The number of piperazine rings is 1. The molecule has 1 aromatic rings. The van der Waals surface area contributed by atoms with Crippen LogP contribution in [-0.2, 0) is 9.59 Å². The third-order valence-electron chi connectivity index (χ3n) is 5.80. The molecule has 0 spiro atoms. The molecule has 7 nitrogen and oxygen atoms in total. The summed E-state index contributed by atoms with van der Waals surface area (Å²) < 4.78 is 0. The molecule has 0 radical (unpaired) electrons. The van der Waals surface area contributed by atoms with Crippen LogP contribution in [0.4, 0.5) is 5.69 Å². The summed E-state index contributed by atoms with van der Waals surface area (Å²) in [5, 5.41) is 3.36. The molecule has 2 amide bonds. The van der Waals surface area contributed by atoms with Gasteiger partial charge in [0.2, 0.25) is 11.8 Å². The van der Waals surface area contributed by atoms with E-state index in [-0.39, 0.29) is 35.8 Å². The van der Waals surface area contributed by atoms with E-state index in [1.54, 1.807) is 0 Å².